The molecule has 1 aromatic carbocycles. The normalized spacial score (nSPS) is 10.8. The van der Waals surface area contributed by atoms with Crippen LogP contribution in [0.5, 0.6) is 0 Å². The third kappa shape index (κ3) is 2.96. The molecule has 4 heteroatoms. The van der Waals surface area contributed by atoms with Crippen LogP contribution in [0, 0.1) is 6.92 Å². The van der Waals surface area contributed by atoms with Crippen molar-refractivity contribution in [2.45, 2.75) is 13.3 Å². The Bertz CT molecular complexity index is 505. The predicted molar refractivity (Wildman–Crippen MR) is 73.6 cm³/mol. The van der Waals surface area contributed by atoms with Crippen LogP contribution in [-0.4, -0.2) is 23.4 Å². The minimum atomic E-state index is 0.977. The largest absolute Gasteiger partial charge is 0.319 e. The molecule has 2 aromatic rings. The Kier molecular flexibility index (Phi) is 3.97. The second kappa shape index (κ2) is 5.47. The number of aryl methyl sites for hydroxylation is 1. The number of halogens is 1. The van der Waals surface area contributed by atoms with E-state index >= 15 is 0 Å². The van der Waals surface area contributed by atoms with Crippen LogP contribution in [0.25, 0.3) is 5.69 Å². The molecule has 0 atom stereocenters. The fourth-order valence-electron chi connectivity index (χ4n) is 1.67. The molecule has 2 rings (SSSR count). The summed E-state index contributed by atoms with van der Waals surface area (Å²) in [5.74, 6) is 0. The second-order valence-corrected chi connectivity index (χ2v) is 4.93. The van der Waals surface area contributed by atoms with Gasteiger partial charge in [-0.15, -0.1) is 0 Å². The van der Waals surface area contributed by atoms with Crippen molar-refractivity contribution >= 4 is 15.9 Å². The molecule has 3 nitrogen and oxygen atoms in total. The molecule has 0 bridgehead atoms. The Labute approximate surface area is 110 Å². The van der Waals surface area contributed by atoms with Crippen molar-refractivity contribution in [3.05, 3.63) is 46.2 Å². The van der Waals surface area contributed by atoms with Crippen molar-refractivity contribution in [2.24, 2.45) is 0 Å². The van der Waals surface area contributed by atoms with Crippen LogP contribution in [0.2, 0.25) is 0 Å². The highest BCUT2D eigenvalue weighted by Gasteiger charge is 2.02. The summed E-state index contributed by atoms with van der Waals surface area (Å²) in [6.07, 6.45) is 5.01. The van der Waals surface area contributed by atoms with Crippen molar-refractivity contribution in [2.75, 3.05) is 13.6 Å². The number of benzene rings is 1. The van der Waals surface area contributed by atoms with Crippen LogP contribution in [0.3, 0.4) is 0 Å². The predicted octanol–water partition coefficient (Wildman–Crippen LogP) is 2.71. The number of nitrogens with one attached hydrogen (secondary N) is 1. The zero-order chi connectivity index (χ0) is 12.3. The first kappa shape index (κ1) is 12.3. The lowest BCUT2D eigenvalue weighted by Crippen LogP contribution is -2.09. The average Bonchev–Trinajstić information content (AvgIpc) is 2.79. The molecule has 0 saturated carbocycles. The summed E-state index contributed by atoms with van der Waals surface area (Å²) in [4.78, 5) is 0. The molecule has 0 spiro atoms. The smallest absolute Gasteiger partial charge is 0.0649 e. The van der Waals surface area contributed by atoms with Crippen LogP contribution in [0.15, 0.2) is 35.1 Å². The summed E-state index contributed by atoms with van der Waals surface area (Å²) in [5.41, 5.74) is 3.57. The second-order valence-electron chi connectivity index (χ2n) is 4.08. The van der Waals surface area contributed by atoms with Gasteiger partial charge in [0.25, 0.3) is 0 Å². The molecular weight excluding hydrogens is 278 g/mol. The maximum Gasteiger partial charge on any atom is 0.0649 e. The Morgan fingerprint density at radius 1 is 1.41 bits per heavy atom. The maximum atomic E-state index is 4.38. The SMILES string of the molecule is CNCCc1cnn(-c2ccc(Br)c(C)c2)c1. The highest BCUT2D eigenvalue weighted by atomic mass is 79.9. The highest BCUT2D eigenvalue weighted by Crippen LogP contribution is 2.19. The van der Waals surface area contributed by atoms with E-state index in [0.29, 0.717) is 0 Å². The van der Waals surface area contributed by atoms with E-state index in [0.717, 1.165) is 23.1 Å². The molecule has 0 aliphatic heterocycles. The molecule has 1 N–H and O–H groups in total. The van der Waals surface area contributed by atoms with Gasteiger partial charge in [0.2, 0.25) is 0 Å². The van der Waals surface area contributed by atoms with E-state index in [-0.39, 0.29) is 0 Å². The van der Waals surface area contributed by atoms with Crippen molar-refractivity contribution in [1.29, 1.82) is 0 Å². The van der Waals surface area contributed by atoms with Gasteiger partial charge in [0, 0.05) is 10.7 Å². The quantitative estimate of drug-likeness (QED) is 0.939. The number of likely N-dealkylation sites (N-methyl/N-ethyl adjacent to an activating group) is 1. The minimum absolute atomic E-state index is 0.977. The Morgan fingerprint density at radius 2 is 2.24 bits per heavy atom. The Morgan fingerprint density at radius 3 is 2.94 bits per heavy atom. The van der Waals surface area contributed by atoms with E-state index in [4.69, 9.17) is 0 Å². The van der Waals surface area contributed by atoms with Gasteiger partial charge in [0.1, 0.15) is 0 Å². The van der Waals surface area contributed by atoms with Crippen LogP contribution in [0.1, 0.15) is 11.1 Å². The first-order chi connectivity index (χ1) is 8.20. The lowest BCUT2D eigenvalue weighted by Gasteiger charge is -2.04. The molecule has 0 aliphatic carbocycles. The summed E-state index contributed by atoms with van der Waals surface area (Å²) < 4.78 is 3.05. The fourth-order valence-corrected chi connectivity index (χ4v) is 1.92. The molecule has 0 fully saturated rings. The van der Waals surface area contributed by atoms with Gasteiger partial charge in [-0.3, -0.25) is 0 Å². The number of aromatic nitrogens is 2. The van der Waals surface area contributed by atoms with E-state index in [9.17, 15) is 0 Å². The highest BCUT2D eigenvalue weighted by molar-refractivity contribution is 9.10. The molecule has 1 heterocycles. The van der Waals surface area contributed by atoms with E-state index in [1.54, 1.807) is 0 Å². The van der Waals surface area contributed by atoms with Crippen LogP contribution in [-0.2, 0) is 6.42 Å². The lowest BCUT2D eigenvalue weighted by atomic mass is 10.2. The van der Waals surface area contributed by atoms with Gasteiger partial charge in [-0.25, -0.2) is 4.68 Å². The van der Waals surface area contributed by atoms with Gasteiger partial charge >= 0.3 is 0 Å². The zero-order valence-corrected chi connectivity index (χ0v) is 11.7. The van der Waals surface area contributed by atoms with Gasteiger partial charge in [-0.2, -0.15) is 5.10 Å². The standard InChI is InChI=1S/C13H16BrN3/c1-10-7-12(3-4-13(10)14)17-9-11(8-16-17)5-6-15-2/h3-4,7-9,15H,5-6H2,1-2H3. The third-order valence-corrected chi connectivity index (χ3v) is 3.60. The topological polar surface area (TPSA) is 29.9 Å². The lowest BCUT2D eigenvalue weighted by molar-refractivity contribution is 0.791. The number of hydrogen-bond donors (Lipinski definition) is 1. The molecule has 0 unspecified atom stereocenters. The zero-order valence-electron chi connectivity index (χ0n) is 10.1. The van der Waals surface area contributed by atoms with Gasteiger partial charge in [0.05, 0.1) is 11.9 Å². The molecule has 0 amide bonds. The molecule has 17 heavy (non-hydrogen) atoms. The van der Waals surface area contributed by atoms with E-state index < -0.39 is 0 Å². The van der Waals surface area contributed by atoms with Gasteiger partial charge < -0.3 is 5.32 Å². The van der Waals surface area contributed by atoms with Crippen LogP contribution in [0.4, 0.5) is 0 Å². The van der Waals surface area contributed by atoms with Gasteiger partial charge in [0.15, 0.2) is 0 Å². The van der Waals surface area contributed by atoms with Crippen molar-refractivity contribution in [3.8, 4) is 5.69 Å². The summed E-state index contributed by atoms with van der Waals surface area (Å²) in [6.45, 7) is 3.06. The molecule has 0 radical (unpaired) electrons. The Balaban J connectivity index is 2.21. The van der Waals surface area contributed by atoms with Crippen molar-refractivity contribution < 1.29 is 0 Å². The van der Waals surface area contributed by atoms with Crippen molar-refractivity contribution in [3.63, 3.8) is 0 Å². The van der Waals surface area contributed by atoms with Crippen LogP contribution < -0.4 is 5.32 Å². The average molecular weight is 294 g/mol. The van der Waals surface area contributed by atoms with Crippen LogP contribution >= 0.6 is 15.9 Å². The summed E-state index contributed by atoms with van der Waals surface area (Å²) in [7, 11) is 1.96. The molecule has 1 aromatic heterocycles. The monoisotopic (exact) mass is 293 g/mol. The molecular formula is C13H16BrN3. The fraction of sp³-hybridized carbons (Fsp3) is 0.308. The minimum Gasteiger partial charge on any atom is -0.319 e. The van der Waals surface area contributed by atoms with Gasteiger partial charge in [-0.1, -0.05) is 15.9 Å². The summed E-state index contributed by atoms with van der Waals surface area (Å²) in [6, 6.07) is 6.24. The van der Waals surface area contributed by atoms with Crippen molar-refractivity contribution in [1.82, 2.24) is 15.1 Å². The summed E-state index contributed by atoms with van der Waals surface area (Å²) in [5, 5.41) is 7.52. The first-order valence-corrected chi connectivity index (χ1v) is 6.44. The van der Waals surface area contributed by atoms with Gasteiger partial charge in [-0.05, 0) is 56.3 Å². The maximum absolute atomic E-state index is 4.38. The van der Waals surface area contributed by atoms with E-state index in [1.807, 2.05) is 17.9 Å². The number of rotatable bonds is 4. The molecule has 0 aliphatic rings. The molecule has 90 valence electrons. The first-order valence-electron chi connectivity index (χ1n) is 5.65. The third-order valence-electron chi connectivity index (χ3n) is 2.71. The summed E-state index contributed by atoms with van der Waals surface area (Å²) >= 11 is 3.50. The number of nitrogens with zero attached hydrogens (tertiary/aromatic N) is 2. The van der Waals surface area contributed by atoms with E-state index in [1.165, 1.54) is 11.1 Å². The van der Waals surface area contributed by atoms with E-state index in [2.05, 4.69) is 57.7 Å². The Hall–Kier alpha value is -1.13. The number of hydrogen-bond acceptors (Lipinski definition) is 2. The molecule has 0 saturated heterocycles.